The smallest absolute Gasteiger partial charge is 0.305 e. The standard InChI is InChI=1S/C15H20N2O5/c1-11-12(7-6-8-13(11)17(20)21)15(19)16-10-5-3-4-9-14(18)22-2/h6-8H,3-5,9-10H2,1-2H3,(H,16,19). The summed E-state index contributed by atoms with van der Waals surface area (Å²) in [6, 6.07) is 4.43. The highest BCUT2D eigenvalue weighted by Crippen LogP contribution is 2.20. The zero-order chi connectivity index (χ0) is 16.5. The minimum Gasteiger partial charge on any atom is -0.469 e. The van der Waals surface area contributed by atoms with Crippen molar-refractivity contribution in [3.05, 3.63) is 39.4 Å². The number of methoxy groups -OCH3 is 1. The predicted molar refractivity (Wildman–Crippen MR) is 80.7 cm³/mol. The number of nitro groups is 1. The van der Waals surface area contributed by atoms with Gasteiger partial charge in [0.2, 0.25) is 0 Å². The molecule has 1 amide bonds. The summed E-state index contributed by atoms with van der Waals surface area (Å²) in [5, 5.41) is 13.6. The van der Waals surface area contributed by atoms with Gasteiger partial charge in [-0.1, -0.05) is 12.5 Å². The van der Waals surface area contributed by atoms with Crippen molar-refractivity contribution >= 4 is 17.6 Å². The van der Waals surface area contributed by atoms with Crippen LogP contribution < -0.4 is 5.32 Å². The van der Waals surface area contributed by atoms with Crippen molar-refractivity contribution in [3.8, 4) is 0 Å². The monoisotopic (exact) mass is 308 g/mol. The fraction of sp³-hybridized carbons (Fsp3) is 0.467. The highest BCUT2D eigenvalue weighted by molar-refractivity contribution is 5.96. The van der Waals surface area contributed by atoms with E-state index in [1.165, 1.54) is 19.2 Å². The highest BCUT2D eigenvalue weighted by Gasteiger charge is 2.17. The first-order valence-corrected chi connectivity index (χ1v) is 7.06. The molecule has 0 bridgehead atoms. The molecule has 7 nitrogen and oxygen atoms in total. The molecule has 0 aromatic heterocycles. The Kier molecular flexibility index (Phi) is 7.01. The van der Waals surface area contributed by atoms with Gasteiger partial charge in [0.05, 0.1) is 12.0 Å². The average molecular weight is 308 g/mol. The van der Waals surface area contributed by atoms with Crippen LogP contribution >= 0.6 is 0 Å². The zero-order valence-corrected chi connectivity index (χ0v) is 12.8. The van der Waals surface area contributed by atoms with Gasteiger partial charge in [0.25, 0.3) is 11.6 Å². The van der Waals surface area contributed by atoms with Crippen LogP contribution in [0.5, 0.6) is 0 Å². The minimum absolute atomic E-state index is 0.0641. The molecule has 0 unspecified atom stereocenters. The molecular formula is C15H20N2O5. The van der Waals surface area contributed by atoms with E-state index < -0.39 is 4.92 Å². The zero-order valence-electron chi connectivity index (χ0n) is 12.8. The van der Waals surface area contributed by atoms with Crippen molar-refractivity contribution < 1.29 is 19.2 Å². The van der Waals surface area contributed by atoms with Gasteiger partial charge in [-0.05, 0) is 25.8 Å². The molecule has 0 atom stereocenters. The number of ether oxygens (including phenoxy) is 1. The number of carbonyl (C=O) groups is 2. The van der Waals surface area contributed by atoms with Gasteiger partial charge < -0.3 is 10.1 Å². The number of rotatable bonds is 8. The second kappa shape index (κ2) is 8.76. The molecule has 1 aromatic rings. The van der Waals surface area contributed by atoms with E-state index in [4.69, 9.17) is 0 Å². The molecule has 0 radical (unpaired) electrons. The van der Waals surface area contributed by atoms with Crippen LogP contribution in [-0.4, -0.2) is 30.5 Å². The first kappa shape index (κ1) is 17.6. The Balaban J connectivity index is 2.42. The van der Waals surface area contributed by atoms with Crippen LogP contribution in [0.25, 0.3) is 0 Å². The number of nitro benzene ring substituents is 1. The summed E-state index contributed by atoms with van der Waals surface area (Å²) >= 11 is 0. The van der Waals surface area contributed by atoms with E-state index in [-0.39, 0.29) is 17.6 Å². The first-order chi connectivity index (χ1) is 10.5. The molecular weight excluding hydrogens is 288 g/mol. The number of hydrogen-bond acceptors (Lipinski definition) is 5. The SMILES string of the molecule is COC(=O)CCCCCNC(=O)c1cccc([N+](=O)[O-])c1C. The summed E-state index contributed by atoms with van der Waals surface area (Å²) in [5.41, 5.74) is 0.602. The van der Waals surface area contributed by atoms with E-state index in [0.29, 0.717) is 30.5 Å². The average Bonchev–Trinajstić information content (AvgIpc) is 2.49. The van der Waals surface area contributed by atoms with Gasteiger partial charge >= 0.3 is 5.97 Å². The Bertz CT molecular complexity index is 557. The van der Waals surface area contributed by atoms with Gasteiger partial charge in [-0.15, -0.1) is 0 Å². The lowest BCUT2D eigenvalue weighted by molar-refractivity contribution is -0.385. The summed E-state index contributed by atoms with van der Waals surface area (Å²) in [5.74, 6) is -0.564. The third-order valence-corrected chi connectivity index (χ3v) is 3.32. The van der Waals surface area contributed by atoms with Crippen molar-refractivity contribution in [2.75, 3.05) is 13.7 Å². The summed E-state index contributed by atoms with van der Waals surface area (Å²) < 4.78 is 4.53. The molecule has 0 saturated carbocycles. The maximum atomic E-state index is 12.0. The van der Waals surface area contributed by atoms with Crippen LogP contribution in [0.4, 0.5) is 5.69 Å². The quantitative estimate of drug-likeness (QED) is 0.344. The van der Waals surface area contributed by atoms with Crippen molar-refractivity contribution in [1.82, 2.24) is 5.32 Å². The number of benzene rings is 1. The van der Waals surface area contributed by atoms with E-state index in [1.54, 1.807) is 13.0 Å². The van der Waals surface area contributed by atoms with E-state index in [1.807, 2.05) is 0 Å². The molecule has 7 heteroatoms. The van der Waals surface area contributed by atoms with Gasteiger partial charge in [0, 0.05) is 30.2 Å². The maximum absolute atomic E-state index is 12.0. The van der Waals surface area contributed by atoms with Crippen LogP contribution in [0.3, 0.4) is 0 Å². The molecule has 120 valence electrons. The number of nitrogens with zero attached hydrogens (tertiary/aromatic N) is 1. The fourth-order valence-corrected chi connectivity index (χ4v) is 2.04. The Morgan fingerprint density at radius 1 is 1.27 bits per heavy atom. The fourth-order valence-electron chi connectivity index (χ4n) is 2.04. The van der Waals surface area contributed by atoms with E-state index in [2.05, 4.69) is 10.1 Å². The van der Waals surface area contributed by atoms with Crippen molar-refractivity contribution in [3.63, 3.8) is 0 Å². The van der Waals surface area contributed by atoms with Gasteiger partial charge in [-0.3, -0.25) is 19.7 Å². The summed E-state index contributed by atoms with van der Waals surface area (Å²) in [7, 11) is 1.35. The van der Waals surface area contributed by atoms with Crippen LogP contribution in [0.15, 0.2) is 18.2 Å². The summed E-state index contributed by atoms with van der Waals surface area (Å²) in [6.45, 7) is 2.02. The number of carbonyl (C=O) groups excluding carboxylic acids is 2. The molecule has 1 aromatic carbocycles. The third-order valence-electron chi connectivity index (χ3n) is 3.32. The minimum atomic E-state index is -0.501. The molecule has 0 aliphatic carbocycles. The molecule has 1 rings (SSSR count). The molecule has 0 spiro atoms. The number of amides is 1. The topological polar surface area (TPSA) is 98.5 Å². The lowest BCUT2D eigenvalue weighted by Gasteiger charge is -2.08. The molecule has 0 aliphatic heterocycles. The second-order valence-electron chi connectivity index (χ2n) is 4.85. The van der Waals surface area contributed by atoms with E-state index in [9.17, 15) is 19.7 Å². The first-order valence-electron chi connectivity index (χ1n) is 7.06. The summed E-state index contributed by atoms with van der Waals surface area (Å²) in [6.07, 6.45) is 2.60. The molecule has 0 heterocycles. The third kappa shape index (κ3) is 5.16. The van der Waals surface area contributed by atoms with Crippen LogP contribution in [0.2, 0.25) is 0 Å². The largest absolute Gasteiger partial charge is 0.469 e. The molecule has 0 fully saturated rings. The van der Waals surface area contributed by atoms with Crippen LogP contribution in [-0.2, 0) is 9.53 Å². The molecule has 0 aliphatic rings. The van der Waals surface area contributed by atoms with Gasteiger partial charge in [0.1, 0.15) is 0 Å². The van der Waals surface area contributed by atoms with Crippen LogP contribution in [0.1, 0.15) is 41.6 Å². The van der Waals surface area contributed by atoms with E-state index in [0.717, 1.165) is 12.8 Å². The van der Waals surface area contributed by atoms with Crippen molar-refractivity contribution in [2.45, 2.75) is 32.6 Å². The number of esters is 1. The number of unbranched alkanes of at least 4 members (excludes halogenated alkanes) is 2. The maximum Gasteiger partial charge on any atom is 0.305 e. The lowest BCUT2D eigenvalue weighted by atomic mass is 10.1. The Hall–Kier alpha value is -2.44. The molecule has 1 N–H and O–H groups in total. The van der Waals surface area contributed by atoms with Gasteiger partial charge in [0.15, 0.2) is 0 Å². The van der Waals surface area contributed by atoms with Crippen LogP contribution in [0, 0.1) is 17.0 Å². The number of nitrogens with one attached hydrogen (secondary N) is 1. The highest BCUT2D eigenvalue weighted by atomic mass is 16.6. The van der Waals surface area contributed by atoms with Crippen molar-refractivity contribution in [2.24, 2.45) is 0 Å². The Labute approximate surface area is 128 Å². The van der Waals surface area contributed by atoms with Gasteiger partial charge in [-0.2, -0.15) is 0 Å². The number of hydrogen-bond donors (Lipinski definition) is 1. The van der Waals surface area contributed by atoms with Gasteiger partial charge in [-0.25, -0.2) is 0 Å². The molecule has 22 heavy (non-hydrogen) atoms. The predicted octanol–water partition coefficient (Wildman–Crippen LogP) is 2.37. The van der Waals surface area contributed by atoms with E-state index >= 15 is 0 Å². The normalized spacial score (nSPS) is 10.1. The second-order valence-corrected chi connectivity index (χ2v) is 4.85. The Morgan fingerprint density at radius 3 is 2.64 bits per heavy atom. The lowest BCUT2D eigenvalue weighted by Crippen LogP contribution is -2.25. The van der Waals surface area contributed by atoms with Crippen molar-refractivity contribution in [1.29, 1.82) is 0 Å². The Morgan fingerprint density at radius 2 is 2.00 bits per heavy atom. The molecule has 0 saturated heterocycles. The summed E-state index contributed by atoms with van der Waals surface area (Å²) in [4.78, 5) is 33.3.